The van der Waals surface area contributed by atoms with Crippen molar-refractivity contribution in [1.82, 2.24) is 34.1 Å². The molecule has 10 heteroatoms. The van der Waals surface area contributed by atoms with E-state index >= 15 is 0 Å². The van der Waals surface area contributed by atoms with Crippen LogP contribution in [0.2, 0.25) is 0 Å². The van der Waals surface area contributed by atoms with Crippen LogP contribution < -0.4 is 11.1 Å². The predicted molar refractivity (Wildman–Crippen MR) is 143 cm³/mol. The number of hydrogen-bond donors (Lipinski definition) is 2. The van der Waals surface area contributed by atoms with Crippen molar-refractivity contribution in [2.45, 2.75) is 13.0 Å². The Bertz CT molecular complexity index is 1830. The second kappa shape index (κ2) is 8.96. The fourth-order valence-electron chi connectivity index (χ4n) is 4.31. The number of aromatic nitrogens is 6. The molecule has 0 spiro atoms. The van der Waals surface area contributed by atoms with Gasteiger partial charge in [0.1, 0.15) is 5.56 Å². The number of aryl methyl sites for hydroxylation is 1. The fraction of sp³-hybridized carbons (Fsp3) is 0.111. The van der Waals surface area contributed by atoms with Gasteiger partial charge >= 0.3 is 0 Å². The minimum absolute atomic E-state index is 0.182. The monoisotopic (exact) mass is 506 g/mol. The van der Waals surface area contributed by atoms with Gasteiger partial charge in [-0.15, -0.1) is 5.10 Å². The first-order valence-corrected chi connectivity index (χ1v) is 12.4. The number of hydrogen-bond acceptors (Lipinski definition) is 6. The standard InChI is InChI=1S/C27H22N8OS/c1-17(30-26(36)22-21-10-6-7-13-35(21)32-25(22)28)23-24(19-8-4-3-5-9-19)34-16-20(37-27(34)31-23)12-11-18-14-29-33(2)15-18/h3-10,13-17H,1-2H3,(H2,28,32)(H,30,36)/t17-/m0/s1. The van der Waals surface area contributed by atoms with Gasteiger partial charge < -0.3 is 11.1 Å². The van der Waals surface area contributed by atoms with E-state index in [1.165, 1.54) is 11.3 Å². The van der Waals surface area contributed by atoms with E-state index in [-0.39, 0.29) is 11.7 Å². The number of carbonyl (C=O) groups excluding carboxylic acids is 1. The Labute approximate surface area is 216 Å². The van der Waals surface area contributed by atoms with Crippen LogP contribution in [-0.4, -0.2) is 34.7 Å². The number of anilines is 1. The van der Waals surface area contributed by atoms with E-state index < -0.39 is 6.04 Å². The van der Waals surface area contributed by atoms with Gasteiger partial charge in [-0.1, -0.05) is 53.7 Å². The summed E-state index contributed by atoms with van der Waals surface area (Å²) >= 11 is 1.50. The highest BCUT2D eigenvalue weighted by atomic mass is 32.1. The van der Waals surface area contributed by atoms with Crippen molar-refractivity contribution >= 4 is 33.5 Å². The zero-order valence-electron chi connectivity index (χ0n) is 20.1. The Kier molecular flexibility index (Phi) is 5.47. The maximum atomic E-state index is 13.3. The third-order valence-electron chi connectivity index (χ3n) is 5.99. The summed E-state index contributed by atoms with van der Waals surface area (Å²) in [5.74, 6) is 6.24. The molecule has 5 heterocycles. The van der Waals surface area contributed by atoms with E-state index in [9.17, 15) is 4.79 Å². The lowest BCUT2D eigenvalue weighted by molar-refractivity contribution is 0.0942. The molecule has 5 aromatic heterocycles. The SMILES string of the molecule is C[C@H](NC(=O)c1c(N)nn2ccccc12)c1nc2sc(C#Cc3cnn(C)c3)cn2c1-c1ccccc1. The predicted octanol–water partition coefficient (Wildman–Crippen LogP) is 3.92. The summed E-state index contributed by atoms with van der Waals surface area (Å²) in [6.07, 6.45) is 7.36. The van der Waals surface area contributed by atoms with Crippen LogP contribution in [0.4, 0.5) is 5.82 Å². The van der Waals surface area contributed by atoms with Crippen LogP contribution in [0, 0.1) is 11.8 Å². The molecule has 6 rings (SSSR count). The van der Waals surface area contributed by atoms with Gasteiger partial charge in [-0.05, 0) is 25.0 Å². The highest BCUT2D eigenvalue weighted by Gasteiger charge is 2.25. The number of benzene rings is 1. The van der Waals surface area contributed by atoms with Crippen molar-refractivity contribution in [3.8, 4) is 23.1 Å². The van der Waals surface area contributed by atoms with E-state index in [2.05, 4.69) is 27.4 Å². The number of nitrogen functional groups attached to an aromatic ring is 1. The molecular formula is C27H22N8OS. The summed E-state index contributed by atoms with van der Waals surface area (Å²) < 4.78 is 5.36. The maximum absolute atomic E-state index is 13.3. The van der Waals surface area contributed by atoms with Gasteiger partial charge in [0.25, 0.3) is 5.91 Å². The summed E-state index contributed by atoms with van der Waals surface area (Å²) in [7, 11) is 1.86. The Morgan fingerprint density at radius 1 is 1.11 bits per heavy atom. The lowest BCUT2D eigenvalue weighted by Crippen LogP contribution is -2.27. The topological polar surface area (TPSA) is 108 Å². The number of nitrogens with one attached hydrogen (secondary N) is 1. The minimum atomic E-state index is -0.391. The number of pyridine rings is 1. The molecule has 0 saturated carbocycles. The van der Waals surface area contributed by atoms with Crippen molar-refractivity contribution < 1.29 is 4.79 Å². The van der Waals surface area contributed by atoms with Gasteiger partial charge in [-0.3, -0.25) is 13.9 Å². The van der Waals surface area contributed by atoms with Crippen LogP contribution in [0.5, 0.6) is 0 Å². The average Bonchev–Trinajstić information content (AvgIpc) is 3.64. The molecule has 0 aliphatic heterocycles. The van der Waals surface area contributed by atoms with Crippen molar-refractivity contribution in [1.29, 1.82) is 0 Å². The summed E-state index contributed by atoms with van der Waals surface area (Å²) in [6, 6.07) is 15.1. The third kappa shape index (κ3) is 4.11. The number of amides is 1. The Balaban J connectivity index is 1.38. The number of imidazole rings is 1. The first-order chi connectivity index (χ1) is 18.0. The Morgan fingerprint density at radius 2 is 1.92 bits per heavy atom. The van der Waals surface area contributed by atoms with Crippen molar-refractivity contribution in [2.75, 3.05) is 5.73 Å². The zero-order valence-corrected chi connectivity index (χ0v) is 20.9. The molecule has 6 aromatic rings. The molecule has 182 valence electrons. The Morgan fingerprint density at radius 3 is 2.70 bits per heavy atom. The summed E-state index contributed by atoms with van der Waals surface area (Å²) in [5.41, 5.74) is 10.6. The first kappa shape index (κ1) is 22.6. The quantitative estimate of drug-likeness (QED) is 0.353. The number of nitrogens with two attached hydrogens (primary N) is 1. The minimum Gasteiger partial charge on any atom is -0.382 e. The summed E-state index contributed by atoms with van der Waals surface area (Å²) in [4.78, 5) is 19.9. The van der Waals surface area contributed by atoms with Crippen LogP contribution in [-0.2, 0) is 7.05 Å². The number of thiazole rings is 1. The van der Waals surface area contributed by atoms with E-state index in [1.807, 2.05) is 79.3 Å². The molecule has 0 radical (unpaired) electrons. The molecule has 1 aromatic carbocycles. The summed E-state index contributed by atoms with van der Waals surface area (Å²) in [5, 5.41) is 11.5. The molecule has 0 saturated heterocycles. The van der Waals surface area contributed by atoms with E-state index in [0.29, 0.717) is 11.1 Å². The zero-order chi connectivity index (χ0) is 25.5. The molecule has 0 aliphatic rings. The van der Waals surface area contributed by atoms with Crippen LogP contribution in [0.15, 0.2) is 73.3 Å². The molecule has 1 amide bonds. The van der Waals surface area contributed by atoms with Gasteiger partial charge in [0.15, 0.2) is 10.8 Å². The van der Waals surface area contributed by atoms with Crippen molar-refractivity contribution in [3.63, 3.8) is 0 Å². The number of carbonyl (C=O) groups is 1. The molecule has 0 aliphatic carbocycles. The molecule has 3 N–H and O–H groups in total. The normalized spacial score (nSPS) is 11.9. The van der Waals surface area contributed by atoms with Gasteiger partial charge in [0, 0.05) is 31.2 Å². The maximum Gasteiger partial charge on any atom is 0.257 e. The van der Waals surface area contributed by atoms with Gasteiger partial charge in [-0.2, -0.15) is 5.10 Å². The molecule has 0 unspecified atom stereocenters. The molecule has 37 heavy (non-hydrogen) atoms. The molecular weight excluding hydrogens is 484 g/mol. The second-order valence-electron chi connectivity index (χ2n) is 8.60. The van der Waals surface area contributed by atoms with Gasteiger partial charge in [0.05, 0.1) is 39.6 Å². The first-order valence-electron chi connectivity index (χ1n) is 11.6. The largest absolute Gasteiger partial charge is 0.382 e. The molecule has 1 atom stereocenters. The van der Waals surface area contributed by atoms with Crippen LogP contribution in [0.3, 0.4) is 0 Å². The van der Waals surface area contributed by atoms with Crippen LogP contribution in [0.1, 0.15) is 39.5 Å². The van der Waals surface area contributed by atoms with Crippen LogP contribution >= 0.6 is 11.3 Å². The fourth-order valence-corrected chi connectivity index (χ4v) is 5.15. The lowest BCUT2D eigenvalue weighted by atomic mass is 10.1. The van der Waals surface area contributed by atoms with Crippen molar-refractivity contribution in [3.05, 3.63) is 95.0 Å². The number of fused-ring (bicyclic) bond motifs is 2. The average molecular weight is 507 g/mol. The number of nitrogens with zero attached hydrogens (tertiary/aromatic N) is 6. The second-order valence-corrected chi connectivity index (χ2v) is 9.61. The third-order valence-corrected chi connectivity index (χ3v) is 6.89. The van der Waals surface area contributed by atoms with E-state index in [4.69, 9.17) is 10.7 Å². The van der Waals surface area contributed by atoms with Gasteiger partial charge in [0.2, 0.25) is 0 Å². The number of rotatable bonds is 4. The molecule has 0 fully saturated rings. The molecule has 0 bridgehead atoms. The van der Waals surface area contributed by atoms with Gasteiger partial charge in [-0.25, -0.2) is 9.50 Å². The summed E-state index contributed by atoms with van der Waals surface area (Å²) in [6.45, 7) is 1.92. The van der Waals surface area contributed by atoms with E-state index in [1.54, 1.807) is 21.6 Å². The van der Waals surface area contributed by atoms with E-state index in [0.717, 1.165) is 32.4 Å². The molecule has 9 nitrogen and oxygen atoms in total. The van der Waals surface area contributed by atoms with Crippen LogP contribution in [0.25, 0.3) is 21.7 Å². The highest BCUT2D eigenvalue weighted by Crippen LogP contribution is 2.33. The van der Waals surface area contributed by atoms with Crippen molar-refractivity contribution in [2.24, 2.45) is 7.05 Å². The Hall–Kier alpha value is -4.88. The highest BCUT2D eigenvalue weighted by molar-refractivity contribution is 7.17. The lowest BCUT2D eigenvalue weighted by Gasteiger charge is -2.14. The smallest absolute Gasteiger partial charge is 0.257 e.